The van der Waals surface area contributed by atoms with Gasteiger partial charge in [-0.1, -0.05) is 19.8 Å². The Morgan fingerprint density at radius 3 is 2.20 bits per heavy atom. The highest BCUT2D eigenvalue weighted by Gasteiger charge is 2.36. The standard InChI is InChI=1S/C14H24O6/c1-10(12(17)18)9-14(2,13(19)20-3)8-6-4-5-7-11(15)16/h10H,4-9H2,1-3H3,(H,15,16)(H,17,18). The number of unbranched alkanes of at least 4 members (excludes halogenated alkanes) is 2. The fourth-order valence-electron chi connectivity index (χ4n) is 2.27. The van der Waals surface area contributed by atoms with Crippen LogP contribution in [0.3, 0.4) is 0 Å². The minimum Gasteiger partial charge on any atom is -0.481 e. The molecule has 0 amide bonds. The molecule has 0 aliphatic carbocycles. The van der Waals surface area contributed by atoms with Gasteiger partial charge in [-0.15, -0.1) is 0 Å². The molecule has 6 nitrogen and oxygen atoms in total. The molecule has 0 aromatic carbocycles. The molecule has 6 heteroatoms. The third-order valence-corrected chi connectivity index (χ3v) is 3.48. The van der Waals surface area contributed by atoms with Gasteiger partial charge < -0.3 is 14.9 Å². The van der Waals surface area contributed by atoms with E-state index in [1.54, 1.807) is 13.8 Å². The summed E-state index contributed by atoms with van der Waals surface area (Å²) in [5.41, 5.74) is -0.838. The Balaban J connectivity index is 4.44. The first-order valence-corrected chi connectivity index (χ1v) is 6.76. The van der Waals surface area contributed by atoms with Crippen molar-refractivity contribution in [1.82, 2.24) is 0 Å². The molecule has 0 spiro atoms. The number of carboxylic acid groups (broad SMARTS) is 2. The van der Waals surface area contributed by atoms with Gasteiger partial charge in [-0.05, 0) is 26.2 Å². The second kappa shape index (κ2) is 8.55. The summed E-state index contributed by atoms with van der Waals surface area (Å²) in [6.07, 6.45) is 2.75. The van der Waals surface area contributed by atoms with Crippen LogP contribution in [0.15, 0.2) is 0 Å². The van der Waals surface area contributed by atoms with Crippen molar-refractivity contribution in [3.63, 3.8) is 0 Å². The quantitative estimate of drug-likeness (QED) is 0.472. The van der Waals surface area contributed by atoms with Crippen LogP contribution in [-0.2, 0) is 19.1 Å². The third-order valence-electron chi connectivity index (χ3n) is 3.48. The molecule has 0 fully saturated rings. The summed E-state index contributed by atoms with van der Waals surface area (Å²) in [4.78, 5) is 33.2. The van der Waals surface area contributed by atoms with Gasteiger partial charge in [0.2, 0.25) is 0 Å². The van der Waals surface area contributed by atoms with Crippen molar-refractivity contribution in [2.24, 2.45) is 11.3 Å². The number of hydrogen-bond acceptors (Lipinski definition) is 4. The zero-order valence-electron chi connectivity index (χ0n) is 12.3. The Labute approximate surface area is 119 Å². The van der Waals surface area contributed by atoms with E-state index in [0.717, 1.165) is 0 Å². The van der Waals surface area contributed by atoms with Crippen LogP contribution in [0.25, 0.3) is 0 Å². The second-order valence-electron chi connectivity index (χ2n) is 5.45. The van der Waals surface area contributed by atoms with Crippen molar-refractivity contribution in [2.45, 2.75) is 52.4 Å². The van der Waals surface area contributed by atoms with Gasteiger partial charge in [-0.25, -0.2) is 0 Å². The maximum absolute atomic E-state index is 11.9. The zero-order chi connectivity index (χ0) is 15.8. The molecule has 0 rings (SSSR count). The Bertz CT molecular complexity index is 352. The van der Waals surface area contributed by atoms with E-state index in [4.69, 9.17) is 14.9 Å². The number of methoxy groups -OCH3 is 1. The van der Waals surface area contributed by atoms with E-state index in [2.05, 4.69) is 0 Å². The summed E-state index contributed by atoms with van der Waals surface area (Å²) in [7, 11) is 1.29. The Morgan fingerprint density at radius 2 is 1.75 bits per heavy atom. The molecule has 0 saturated heterocycles. The molecule has 0 saturated carbocycles. The molecule has 0 radical (unpaired) electrons. The maximum atomic E-state index is 11.9. The van der Waals surface area contributed by atoms with Crippen LogP contribution in [0.5, 0.6) is 0 Å². The fourth-order valence-corrected chi connectivity index (χ4v) is 2.27. The van der Waals surface area contributed by atoms with E-state index in [1.807, 2.05) is 0 Å². The number of carbonyl (C=O) groups excluding carboxylic acids is 1. The van der Waals surface area contributed by atoms with Crippen molar-refractivity contribution in [2.75, 3.05) is 7.11 Å². The molecular weight excluding hydrogens is 264 g/mol. The average Bonchev–Trinajstić information content (AvgIpc) is 2.36. The summed E-state index contributed by atoms with van der Waals surface area (Å²) < 4.78 is 4.77. The zero-order valence-corrected chi connectivity index (χ0v) is 12.3. The first kappa shape index (κ1) is 18.4. The van der Waals surface area contributed by atoms with Crippen molar-refractivity contribution < 1.29 is 29.3 Å². The van der Waals surface area contributed by atoms with Crippen LogP contribution in [0.4, 0.5) is 0 Å². The number of hydrogen-bond donors (Lipinski definition) is 2. The molecule has 0 aliphatic heterocycles. The molecule has 2 N–H and O–H groups in total. The van der Waals surface area contributed by atoms with Crippen molar-refractivity contribution in [3.05, 3.63) is 0 Å². The lowest BCUT2D eigenvalue weighted by Gasteiger charge is -2.28. The lowest BCUT2D eigenvalue weighted by Crippen LogP contribution is -2.33. The highest BCUT2D eigenvalue weighted by molar-refractivity contribution is 5.78. The van der Waals surface area contributed by atoms with Gasteiger partial charge in [-0.3, -0.25) is 14.4 Å². The average molecular weight is 288 g/mol. The summed E-state index contributed by atoms with van der Waals surface area (Å²) in [6.45, 7) is 3.27. The number of carboxylic acids is 2. The largest absolute Gasteiger partial charge is 0.481 e. The molecule has 0 heterocycles. The molecule has 0 aromatic heterocycles. The Hall–Kier alpha value is -1.59. The molecule has 0 aliphatic rings. The fraction of sp³-hybridized carbons (Fsp3) is 0.786. The van der Waals surface area contributed by atoms with Crippen LogP contribution < -0.4 is 0 Å². The number of carbonyl (C=O) groups is 3. The number of aliphatic carboxylic acids is 2. The van der Waals surface area contributed by atoms with Crippen LogP contribution in [-0.4, -0.2) is 35.2 Å². The van der Waals surface area contributed by atoms with Gasteiger partial charge in [0.15, 0.2) is 0 Å². The maximum Gasteiger partial charge on any atom is 0.311 e. The number of esters is 1. The first-order chi connectivity index (χ1) is 9.23. The highest BCUT2D eigenvalue weighted by Crippen LogP contribution is 2.33. The second-order valence-corrected chi connectivity index (χ2v) is 5.45. The molecule has 20 heavy (non-hydrogen) atoms. The minimum absolute atomic E-state index is 0.112. The van der Waals surface area contributed by atoms with Crippen molar-refractivity contribution in [1.29, 1.82) is 0 Å². The van der Waals surface area contributed by atoms with Crippen molar-refractivity contribution >= 4 is 17.9 Å². The summed E-state index contributed by atoms with van der Waals surface area (Å²) >= 11 is 0. The third kappa shape index (κ3) is 6.54. The van der Waals surface area contributed by atoms with Crippen LogP contribution in [0.2, 0.25) is 0 Å². The lowest BCUT2D eigenvalue weighted by atomic mass is 9.77. The van der Waals surface area contributed by atoms with Gasteiger partial charge >= 0.3 is 17.9 Å². The highest BCUT2D eigenvalue weighted by atomic mass is 16.5. The first-order valence-electron chi connectivity index (χ1n) is 6.76. The van der Waals surface area contributed by atoms with Crippen LogP contribution >= 0.6 is 0 Å². The molecule has 116 valence electrons. The van der Waals surface area contributed by atoms with Crippen LogP contribution in [0.1, 0.15) is 52.4 Å². The van der Waals surface area contributed by atoms with E-state index in [0.29, 0.717) is 25.7 Å². The predicted octanol–water partition coefficient (Wildman–Crippen LogP) is 2.31. The molecule has 0 aromatic rings. The summed E-state index contributed by atoms with van der Waals surface area (Å²) in [5, 5.41) is 17.5. The Kier molecular flexibility index (Phi) is 7.87. The Morgan fingerprint density at radius 1 is 1.15 bits per heavy atom. The van der Waals surface area contributed by atoms with E-state index in [-0.39, 0.29) is 12.8 Å². The van der Waals surface area contributed by atoms with E-state index >= 15 is 0 Å². The predicted molar refractivity (Wildman–Crippen MR) is 72.3 cm³/mol. The van der Waals surface area contributed by atoms with Gasteiger partial charge in [-0.2, -0.15) is 0 Å². The number of ether oxygens (including phenoxy) is 1. The SMILES string of the molecule is COC(=O)C(C)(CCCCCC(=O)O)CC(C)C(=O)O. The van der Waals surface area contributed by atoms with Gasteiger partial charge in [0, 0.05) is 6.42 Å². The molecular formula is C14H24O6. The van der Waals surface area contributed by atoms with Crippen molar-refractivity contribution in [3.8, 4) is 0 Å². The minimum atomic E-state index is -0.939. The normalized spacial score (nSPS) is 15.2. The van der Waals surface area contributed by atoms with Crippen LogP contribution in [0, 0.1) is 11.3 Å². The van der Waals surface area contributed by atoms with Gasteiger partial charge in [0.1, 0.15) is 0 Å². The molecule has 0 bridgehead atoms. The van der Waals surface area contributed by atoms with Gasteiger partial charge in [0.25, 0.3) is 0 Å². The summed E-state index contributed by atoms with van der Waals surface area (Å²) in [6, 6.07) is 0. The molecule has 2 atom stereocenters. The smallest absolute Gasteiger partial charge is 0.311 e. The summed E-state index contributed by atoms with van der Waals surface area (Å²) in [5.74, 6) is -2.81. The van der Waals surface area contributed by atoms with E-state index in [9.17, 15) is 14.4 Å². The topological polar surface area (TPSA) is 101 Å². The lowest BCUT2D eigenvalue weighted by molar-refractivity contribution is -0.155. The number of rotatable bonds is 10. The van der Waals surface area contributed by atoms with E-state index < -0.39 is 29.2 Å². The van der Waals surface area contributed by atoms with Gasteiger partial charge in [0.05, 0.1) is 18.4 Å². The van der Waals surface area contributed by atoms with E-state index in [1.165, 1.54) is 7.11 Å². The monoisotopic (exact) mass is 288 g/mol. The molecule has 2 unspecified atom stereocenters.